The fourth-order valence-electron chi connectivity index (χ4n) is 0.526. The van der Waals surface area contributed by atoms with Crippen LogP contribution in [-0.4, -0.2) is 32.5 Å². The van der Waals surface area contributed by atoms with E-state index in [1.165, 1.54) is 0 Å². The molecule has 66 valence electrons. The van der Waals surface area contributed by atoms with Crippen molar-refractivity contribution in [3.05, 3.63) is 0 Å². The van der Waals surface area contributed by atoms with Gasteiger partial charge in [-0.15, -0.1) is 0 Å². The standard InChI is InChI=1S/C6H14BBrO3/c1-6(2)11-7(9-3)10-5-4-8/h6H,4-5H2,1-3H3. The highest BCUT2D eigenvalue weighted by Gasteiger charge is 2.20. The Morgan fingerprint density at radius 2 is 2.09 bits per heavy atom. The monoisotopic (exact) mass is 224 g/mol. The van der Waals surface area contributed by atoms with Crippen molar-refractivity contribution in [2.24, 2.45) is 0 Å². The summed E-state index contributed by atoms with van der Waals surface area (Å²) in [5.41, 5.74) is 0. The van der Waals surface area contributed by atoms with E-state index >= 15 is 0 Å². The molecule has 0 aliphatic carbocycles. The summed E-state index contributed by atoms with van der Waals surface area (Å²) in [4.78, 5) is 0. The van der Waals surface area contributed by atoms with Crippen LogP contribution in [0.1, 0.15) is 13.8 Å². The van der Waals surface area contributed by atoms with Crippen LogP contribution in [0.15, 0.2) is 0 Å². The molecule has 0 saturated carbocycles. The van der Waals surface area contributed by atoms with Gasteiger partial charge in [-0.05, 0) is 13.8 Å². The Kier molecular flexibility index (Phi) is 7.37. The van der Waals surface area contributed by atoms with Crippen molar-refractivity contribution < 1.29 is 14.0 Å². The minimum Gasteiger partial charge on any atom is -0.389 e. The van der Waals surface area contributed by atoms with E-state index < -0.39 is 7.32 Å². The van der Waals surface area contributed by atoms with Gasteiger partial charge in [0.25, 0.3) is 0 Å². The summed E-state index contributed by atoms with van der Waals surface area (Å²) < 4.78 is 15.3. The van der Waals surface area contributed by atoms with Crippen LogP contribution in [0.3, 0.4) is 0 Å². The zero-order valence-corrected chi connectivity index (χ0v) is 8.76. The van der Waals surface area contributed by atoms with Gasteiger partial charge in [-0.2, -0.15) is 0 Å². The molecule has 0 heterocycles. The maximum atomic E-state index is 5.24. The predicted molar refractivity (Wildman–Crippen MR) is 48.7 cm³/mol. The van der Waals surface area contributed by atoms with Crippen LogP contribution in [0, 0.1) is 0 Å². The first-order chi connectivity index (χ1) is 5.20. The van der Waals surface area contributed by atoms with E-state index in [1.807, 2.05) is 13.8 Å². The Morgan fingerprint density at radius 1 is 1.45 bits per heavy atom. The second-order valence-electron chi connectivity index (χ2n) is 2.27. The molecule has 0 rings (SSSR count). The SMILES string of the molecule is COB(OCCBr)OC(C)C. The molecule has 0 aliphatic rings. The molecule has 0 fully saturated rings. The zero-order chi connectivity index (χ0) is 8.69. The molecule has 0 amide bonds. The minimum atomic E-state index is -0.535. The highest BCUT2D eigenvalue weighted by molar-refractivity contribution is 9.09. The Labute approximate surface area is 76.7 Å². The first-order valence-electron chi connectivity index (χ1n) is 3.56. The van der Waals surface area contributed by atoms with Gasteiger partial charge >= 0.3 is 7.32 Å². The molecule has 5 heteroatoms. The highest BCUT2D eigenvalue weighted by atomic mass is 79.9. The molecule has 0 unspecified atom stereocenters. The van der Waals surface area contributed by atoms with Crippen LogP contribution < -0.4 is 0 Å². The number of rotatable bonds is 6. The second kappa shape index (κ2) is 7.09. The summed E-state index contributed by atoms with van der Waals surface area (Å²) in [6.07, 6.45) is 0.121. The molecule has 0 aromatic heterocycles. The Bertz CT molecular complexity index is 91.9. The van der Waals surface area contributed by atoms with Gasteiger partial charge in [-0.3, -0.25) is 0 Å². The number of hydrogen-bond donors (Lipinski definition) is 0. The summed E-state index contributed by atoms with van der Waals surface area (Å²) in [5, 5.41) is 0.786. The van der Waals surface area contributed by atoms with Crippen molar-refractivity contribution in [2.45, 2.75) is 20.0 Å². The quantitative estimate of drug-likeness (QED) is 0.505. The summed E-state index contributed by atoms with van der Waals surface area (Å²) in [6.45, 7) is 4.46. The first-order valence-corrected chi connectivity index (χ1v) is 4.68. The van der Waals surface area contributed by atoms with Crippen LogP contribution in [0.25, 0.3) is 0 Å². The normalized spacial score (nSPS) is 10.6. The van der Waals surface area contributed by atoms with Crippen LogP contribution in [-0.2, 0) is 14.0 Å². The van der Waals surface area contributed by atoms with Crippen molar-refractivity contribution in [1.82, 2.24) is 0 Å². The molecule has 0 atom stereocenters. The van der Waals surface area contributed by atoms with E-state index in [0.717, 1.165) is 5.33 Å². The fourth-order valence-corrected chi connectivity index (χ4v) is 0.713. The fraction of sp³-hybridized carbons (Fsp3) is 1.00. The third-order valence-electron chi connectivity index (χ3n) is 0.907. The van der Waals surface area contributed by atoms with Crippen LogP contribution >= 0.6 is 15.9 Å². The van der Waals surface area contributed by atoms with Gasteiger partial charge in [0.05, 0.1) is 0 Å². The number of hydrogen-bond acceptors (Lipinski definition) is 3. The third-order valence-corrected chi connectivity index (χ3v) is 1.23. The van der Waals surface area contributed by atoms with Crippen molar-refractivity contribution in [3.8, 4) is 0 Å². The summed E-state index contributed by atoms with van der Waals surface area (Å²) in [5.74, 6) is 0. The Morgan fingerprint density at radius 3 is 2.45 bits per heavy atom. The topological polar surface area (TPSA) is 27.7 Å². The van der Waals surface area contributed by atoms with E-state index in [2.05, 4.69) is 15.9 Å². The zero-order valence-electron chi connectivity index (χ0n) is 7.17. The summed E-state index contributed by atoms with van der Waals surface area (Å²) in [7, 11) is 1.02. The van der Waals surface area contributed by atoms with Gasteiger partial charge in [0.15, 0.2) is 0 Å². The van der Waals surface area contributed by atoms with Crippen molar-refractivity contribution in [1.29, 1.82) is 0 Å². The molecule has 3 nitrogen and oxygen atoms in total. The highest BCUT2D eigenvalue weighted by Crippen LogP contribution is 1.96. The van der Waals surface area contributed by atoms with Gasteiger partial charge in [0, 0.05) is 25.2 Å². The molecule has 0 aliphatic heterocycles. The van der Waals surface area contributed by atoms with Crippen molar-refractivity contribution in [2.75, 3.05) is 19.0 Å². The van der Waals surface area contributed by atoms with Gasteiger partial charge < -0.3 is 14.0 Å². The van der Waals surface area contributed by atoms with Crippen LogP contribution in [0.2, 0.25) is 0 Å². The molecule has 0 aromatic rings. The predicted octanol–water partition coefficient (Wildman–Crippen LogP) is 1.45. The van der Waals surface area contributed by atoms with Crippen molar-refractivity contribution in [3.63, 3.8) is 0 Å². The molecule has 0 bridgehead atoms. The van der Waals surface area contributed by atoms with Gasteiger partial charge in [0.1, 0.15) is 0 Å². The molecule has 0 spiro atoms. The lowest BCUT2D eigenvalue weighted by Gasteiger charge is -2.13. The first kappa shape index (κ1) is 11.4. The van der Waals surface area contributed by atoms with Gasteiger partial charge in [-0.1, -0.05) is 15.9 Å². The molecule has 0 aromatic carbocycles. The van der Waals surface area contributed by atoms with Crippen molar-refractivity contribution >= 4 is 23.3 Å². The smallest absolute Gasteiger partial charge is 0.389 e. The van der Waals surface area contributed by atoms with E-state index in [1.54, 1.807) is 7.11 Å². The second-order valence-corrected chi connectivity index (χ2v) is 3.06. The van der Waals surface area contributed by atoms with Crippen LogP contribution in [0.4, 0.5) is 0 Å². The van der Waals surface area contributed by atoms with Gasteiger partial charge in [-0.25, -0.2) is 0 Å². The summed E-state index contributed by atoms with van der Waals surface area (Å²) >= 11 is 3.24. The molecular weight excluding hydrogens is 211 g/mol. The lowest BCUT2D eigenvalue weighted by Crippen LogP contribution is -2.29. The number of halogens is 1. The molecular formula is C6H14BBrO3. The Balaban J connectivity index is 3.41. The maximum absolute atomic E-state index is 5.24. The largest absolute Gasteiger partial charge is 0.639 e. The molecule has 0 saturated heterocycles. The minimum absolute atomic E-state index is 0.121. The maximum Gasteiger partial charge on any atom is 0.639 e. The van der Waals surface area contributed by atoms with E-state index in [0.29, 0.717) is 6.61 Å². The lowest BCUT2D eigenvalue weighted by atomic mass is 10.2. The third kappa shape index (κ3) is 6.81. The molecule has 11 heavy (non-hydrogen) atoms. The summed E-state index contributed by atoms with van der Waals surface area (Å²) in [6, 6.07) is 0. The van der Waals surface area contributed by atoms with E-state index in [9.17, 15) is 0 Å². The lowest BCUT2D eigenvalue weighted by molar-refractivity contribution is 0.0907. The number of alkyl halides is 1. The molecule has 0 N–H and O–H groups in total. The van der Waals surface area contributed by atoms with E-state index in [-0.39, 0.29) is 6.10 Å². The van der Waals surface area contributed by atoms with E-state index in [4.69, 9.17) is 14.0 Å². The average Bonchev–Trinajstić information content (AvgIpc) is 1.97. The Hall–Kier alpha value is 0.425. The van der Waals surface area contributed by atoms with Gasteiger partial charge in [0.2, 0.25) is 0 Å². The molecule has 0 radical (unpaired) electrons. The van der Waals surface area contributed by atoms with Crippen LogP contribution in [0.5, 0.6) is 0 Å². The average molecular weight is 225 g/mol.